The van der Waals surface area contributed by atoms with Gasteiger partial charge < -0.3 is 15.4 Å². The smallest absolute Gasteiger partial charge is 0.325 e. The van der Waals surface area contributed by atoms with E-state index in [0.717, 1.165) is 0 Å². The molecule has 0 unspecified atom stereocenters. The highest BCUT2D eigenvalue weighted by molar-refractivity contribution is 6.36. The molecule has 0 fully saturated rings. The summed E-state index contributed by atoms with van der Waals surface area (Å²) in [5.41, 5.74) is 0.844. The van der Waals surface area contributed by atoms with Gasteiger partial charge in [0.25, 0.3) is 5.91 Å². The third kappa shape index (κ3) is 7.05. The van der Waals surface area contributed by atoms with Crippen LogP contribution in [0.15, 0.2) is 36.5 Å². The summed E-state index contributed by atoms with van der Waals surface area (Å²) in [6, 6.07) is 7.61. The Morgan fingerprint density at radius 1 is 1.00 bits per heavy atom. The lowest BCUT2D eigenvalue weighted by Gasteiger charge is -2.08. The molecule has 1 aromatic heterocycles. The highest BCUT2D eigenvalue weighted by Gasteiger charge is 2.13. The van der Waals surface area contributed by atoms with Gasteiger partial charge in [-0.05, 0) is 24.3 Å². The quantitative estimate of drug-likeness (QED) is 0.520. The first-order valence-electron chi connectivity index (χ1n) is 7.61. The Morgan fingerprint density at radius 2 is 1.78 bits per heavy atom. The van der Waals surface area contributed by atoms with E-state index in [2.05, 4.69) is 15.6 Å². The van der Waals surface area contributed by atoms with Crippen molar-refractivity contribution in [2.24, 2.45) is 0 Å². The second-order valence-electron chi connectivity index (χ2n) is 5.23. The Hall–Kier alpha value is -2.35. The molecule has 27 heavy (non-hydrogen) atoms. The van der Waals surface area contributed by atoms with Crippen molar-refractivity contribution in [2.75, 3.05) is 13.1 Å². The molecule has 2 N–H and O–H groups in total. The maximum atomic E-state index is 12.0. The number of pyridine rings is 1. The SMILES string of the molecule is O=C(CNC(=O)c1ccc(Cl)cc1Cl)NCC(=O)OCc1ccc(Cl)nc1. The second-order valence-corrected chi connectivity index (χ2v) is 6.46. The summed E-state index contributed by atoms with van der Waals surface area (Å²) in [7, 11) is 0. The van der Waals surface area contributed by atoms with Crippen LogP contribution in [0.1, 0.15) is 15.9 Å². The summed E-state index contributed by atoms with van der Waals surface area (Å²) in [6.45, 7) is -0.658. The van der Waals surface area contributed by atoms with Crippen LogP contribution >= 0.6 is 34.8 Å². The van der Waals surface area contributed by atoms with E-state index in [1.54, 1.807) is 12.1 Å². The summed E-state index contributed by atoms with van der Waals surface area (Å²) in [4.78, 5) is 39.2. The summed E-state index contributed by atoms with van der Waals surface area (Å²) in [5.74, 6) is -1.73. The van der Waals surface area contributed by atoms with E-state index >= 15 is 0 Å². The fourth-order valence-corrected chi connectivity index (χ4v) is 2.48. The largest absolute Gasteiger partial charge is 0.459 e. The Morgan fingerprint density at radius 3 is 2.44 bits per heavy atom. The topological polar surface area (TPSA) is 97.4 Å². The number of nitrogens with one attached hydrogen (secondary N) is 2. The molecule has 0 aliphatic rings. The fourth-order valence-electron chi connectivity index (χ4n) is 1.87. The highest BCUT2D eigenvalue weighted by atomic mass is 35.5. The van der Waals surface area contributed by atoms with Crippen molar-refractivity contribution in [1.29, 1.82) is 0 Å². The number of carbonyl (C=O) groups is 3. The predicted molar refractivity (Wildman–Crippen MR) is 101 cm³/mol. The van der Waals surface area contributed by atoms with Crippen LogP contribution in [0.25, 0.3) is 0 Å². The first-order chi connectivity index (χ1) is 12.8. The van der Waals surface area contributed by atoms with E-state index in [1.165, 1.54) is 24.4 Å². The number of hydrogen-bond acceptors (Lipinski definition) is 5. The minimum absolute atomic E-state index is 0.00464. The zero-order valence-electron chi connectivity index (χ0n) is 13.8. The van der Waals surface area contributed by atoms with E-state index in [0.29, 0.717) is 15.7 Å². The summed E-state index contributed by atoms with van der Waals surface area (Å²) >= 11 is 17.3. The van der Waals surface area contributed by atoms with Gasteiger partial charge in [0.2, 0.25) is 5.91 Å². The number of amides is 2. The molecule has 0 aliphatic heterocycles. The lowest BCUT2D eigenvalue weighted by Crippen LogP contribution is -2.39. The van der Waals surface area contributed by atoms with Crippen LogP contribution in [0.3, 0.4) is 0 Å². The fraction of sp³-hybridized carbons (Fsp3) is 0.176. The van der Waals surface area contributed by atoms with E-state index in [-0.39, 0.29) is 30.3 Å². The van der Waals surface area contributed by atoms with Crippen molar-refractivity contribution < 1.29 is 19.1 Å². The van der Waals surface area contributed by atoms with Crippen molar-refractivity contribution in [2.45, 2.75) is 6.61 Å². The number of ether oxygens (including phenoxy) is 1. The van der Waals surface area contributed by atoms with Gasteiger partial charge >= 0.3 is 5.97 Å². The van der Waals surface area contributed by atoms with Gasteiger partial charge in [0.1, 0.15) is 18.3 Å². The second kappa shape index (κ2) is 10.1. The van der Waals surface area contributed by atoms with Crippen LogP contribution in [-0.4, -0.2) is 35.9 Å². The number of benzene rings is 1. The number of nitrogens with zero attached hydrogens (tertiary/aromatic N) is 1. The first-order valence-corrected chi connectivity index (χ1v) is 8.74. The molecule has 2 rings (SSSR count). The Balaban J connectivity index is 1.70. The zero-order valence-corrected chi connectivity index (χ0v) is 16.1. The predicted octanol–water partition coefficient (Wildman–Crippen LogP) is 2.63. The molecule has 1 heterocycles. The van der Waals surface area contributed by atoms with Crippen molar-refractivity contribution in [3.63, 3.8) is 0 Å². The van der Waals surface area contributed by atoms with Gasteiger partial charge in [-0.15, -0.1) is 0 Å². The molecule has 142 valence electrons. The Kier molecular flexibility index (Phi) is 7.84. The number of halogens is 3. The van der Waals surface area contributed by atoms with Gasteiger partial charge in [-0.3, -0.25) is 14.4 Å². The maximum Gasteiger partial charge on any atom is 0.325 e. The van der Waals surface area contributed by atoms with Crippen LogP contribution in [-0.2, 0) is 20.9 Å². The van der Waals surface area contributed by atoms with E-state index < -0.39 is 17.8 Å². The number of carbonyl (C=O) groups excluding carboxylic acids is 3. The monoisotopic (exact) mass is 429 g/mol. The van der Waals surface area contributed by atoms with Gasteiger partial charge in [0, 0.05) is 16.8 Å². The molecular formula is C17H14Cl3N3O4. The Labute approximate surface area is 170 Å². The van der Waals surface area contributed by atoms with Gasteiger partial charge in [0.15, 0.2) is 0 Å². The van der Waals surface area contributed by atoms with Gasteiger partial charge in [0.05, 0.1) is 17.1 Å². The van der Waals surface area contributed by atoms with Gasteiger partial charge in [-0.2, -0.15) is 0 Å². The highest BCUT2D eigenvalue weighted by Crippen LogP contribution is 2.20. The molecule has 2 aromatic rings. The number of hydrogen-bond donors (Lipinski definition) is 2. The van der Waals surface area contributed by atoms with Crippen molar-refractivity contribution >= 4 is 52.6 Å². The van der Waals surface area contributed by atoms with E-state index in [1.807, 2.05) is 0 Å². The molecule has 7 nitrogen and oxygen atoms in total. The van der Waals surface area contributed by atoms with Crippen LogP contribution in [0.4, 0.5) is 0 Å². The van der Waals surface area contributed by atoms with Crippen LogP contribution in [0.5, 0.6) is 0 Å². The molecule has 10 heteroatoms. The van der Waals surface area contributed by atoms with Crippen molar-refractivity contribution in [1.82, 2.24) is 15.6 Å². The van der Waals surface area contributed by atoms with Crippen LogP contribution in [0.2, 0.25) is 15.2 Å². The third-order valence-corrected chi connectivity index (χ3v) is 3.98. The lowest BCUT2D eigenvalue weighted by molar-refractivity contribution is -0.145. The number of rotatable bonds is 7. The first kappa shape index (κ1) is 21.0. The molecule has 0 radical (unpaired) electrons. The molecule has 0 spiro atoms. The molecule has 0 aliphatic carbocycles. The minimum atomic E-state index is -0.634. The minimum Gasteiger partial charge on any atom is -0.459 e. The molecular weight excluding hydrogens is 417 g/mol. The van der Waals surface area contributed by atoms with E-state index in [4.69, 9.17) is 39.5 Å². The molecule has 1 aromatic carbocycles. The third-order valence-electron chi connectivity index (χ3n) is 3.20. The zero-order chi connectivity index (χ0) is 19.8. The van der Waals surface area contributed by atoms with Gasteiger partial charge in [-0.1, -0.05) is 40.9 Å². The molecule has 0 saturated carbocycles. The molecule has 2 amide bonds. The van der Waals surface area contributed by atoms with E-state index in [9.17, 15) is 14.4 Å². The van der Waals surface area contributed by atoms with Crippen molar-refractivity contribution in [3.05, 3.63) is 62.9 Å². The van der Waals surface area contributed by atoms with Gasteiger partial charge in [-0.25, -0.2) is 4.98 Å². The summed E-state index contributed by atoms with van der Waals surface area (Å²) in [6.07, 6.45) is 1.48. The summed E-state index contributed by atoms with van der Waals surface area (Å²) < 4.78 is 4.99. The normalized spacial score (nSPS) is 10.2. The Bertz CT molecular complexity index is 844. The summed E-state index contributed by atoms with van der Waals surface area (Å²) in [5, 5.41) is 5.62. The molecule has 0 saturated heterocycles. The average molecular weight is 431 g/mol. The van der Waals surface area contributed by atoms with Crippen LogP contribution in [0, 0.1) is 0 Å². The number of esters is 1. The number of aromatic nitrogens is 1. The lowest BCUT2D eigenvalue weighted by atomic mass is 10.2. The average Bonchev–Trinajstić information content (AvgIpc) is 2.64. The van der Waals surface area contributed by atoms with Crippen LogP contribution < -0.4 is 10.6 Å². The molecule has 0 atom stereocenters. The maximum absolute atomic E-state index is 12.0. The van der Waals surface area contributed by atoms with Crippen molar-refractivity contribution in [3.8, 4) is 0 Å². The molecule has 0 bridgehead atoms. The standard InChI is InChI=1S/C17H14Cl3N3O4/c18-11-2-3-12(13(19)5-11)17(26)23-7-15(24)22-8-16(25)27-9-10-1-4-14(20)21-6-10/h1-6H,7-9H2,(H,22,24)(H,23,26).